The molecule has 2 aliphatic rings. The van der Waals surface area contributed by atoms with Crippen LogP contribution < -0.4 is 5.32 Å². The first kappa shape index (κ1) is 11.7. The first-order valence-electron chi connectivity index (χ1n) is 6.84. The fourth-order valence-electron chi connectivity index (χ4n) is 3.22. The number of hydrogen-bond acceptors (Lipinski definition) is 2. The molecule has 1 aliphatic heterocycles. The van der Waals surface area contributed by atoms with E-state index in [1.165, 1.54) is 11.1 Å². The number of benzene rings is 1. The van der Waals surface area contributed by atoms with Gasteiger partial charge in [-0.15, -0.1) is 0 Å². The lowest BCUT2D eigenvalue weighted by molar-refractivity contribution is -0.125. The van der Waals surface area contributed by atoms with E-state index in [0.717, 1.165) is 32.2 Å². The van der Waals surface area contributed by atoms with Crippen LogP contribution in [0.3, 0.4) is 0 Å². The second kappa shape index (κ2) is 4.73. The number of carbonyl (C=O) groups is 1. The number of nitrogens with zero attached hydrogens (tertiary/aromatic N) is 1. The Morgan fingerprint density at radius 3 is 2.94 bits per heavy atom. The molecule has 1 amide bonds. The molecule has 18 heavy (non-hydrogen) atoms. The van der Waals surface area contributed by atoms with Crippen molar-refractivity contribution in [1.82, 2.24) is 10.2 Å². The number of rotatable bonds is 2. The Labute approximate surface area is 108 Å². The van der Waals surface area contributed by atoms with Crippen molar-refractivity contribution in [3.63, 3.8) is 0 Å². The van der Waals surface area contributed by atoms with Crippen LogP contribution in [0.2, 0.25) is 0 Å². The molecule has 96 valence electrons. The maximum absolute atomic E-state index is 12.3. The van der Waals surface area contributed by atoms with Crippen LogP contribution in [0.4, 0.5) is 0 Å². The van der Waals surface area contributed by atoms with E-state index >= 15 is 0 Å². The molecule has 1 heterocycles. The van der Waals surface area contributed by atoms with Crippen molar-refractivity contribution >= 4 is 5.91 Å². The van der Waals surface area contributed by atoms with Crippen LogP contribution in [0.5, 0.6) is 0 Å². The molecule has 2 unspecified atom stereocenters. The second-order valence-corrected chi connectivity index (χ2v) is 5.44. The van der Waals surface area contributed by atoms with E-state index in [0.29, 0.717) is 0 Å². The minimum Gasteiger partial charge on any atom is -0.348 e. The van der Waals surface area contributed by atoms with E-state index in [-0.39, 0.29) is 18.0 Å². The van der Waals surface area contributed by atoms with Crippen molar-refractivity contribution in [3.8, 4) is 0 Å². The number of nitrogens with one attached hydrogen (secondary N) is 1. The molecule has 0 bridgehead atoms. The summed E-state index contributed by atoms with van der Waals surface area (Å²) in [5, 5.41) is 3.23. The van der Waals surface area contributed by atoms with Gasteiger partial charge < -0.3 is 5.32 Å². The van der Waals surface area contributed by atoms with Crippen LogP contribution in [0, 0.1) is 0 Å². The van der Waals surface area contributed by atoms with Crippen molar-refractivity contribution in [2.45, 2.75) is 37.8 Å². The van der Waals surface area contributed by atoms with Gasteiger partial charge in [0.05, 0.1) is 12.1 Å². The lowest BCUT2D eigenvalue weighted by Crippen LogP contribution is -2.42. The van der Waals surface area contributed by atoms with Gasteiger partial charge in [0.2, 0.25) is 5.91 Å². The van der Waals surface area contributed by atoms with Gasteiger partial charge in [0.1, 0.15) is 0 Å². The Hall–Kier alpha value is -1.35. The molecular weight excluding hydrogens is 224 g/mol. The highest BCUT2D eigenvalue weighted by molar-refractivity contribution is 5.82. The molecule has 2 atom stereocenters. The van der Waals surface area contributed by atoms with E-state index in [1.54, 1.807) is 0 Å². The highest BCUT2D eigenvalue weighted by Crippen LogP contribution is 2.31. The normalized spacial score (nSPS) is 27.2. The highest BCUT2D eigenvalue weighted by atomic mass is 16.2. The summed E-state index contributed by atoms with van der Waals surface area (Å²) in [6.45, 7) is 1.04. The minimum absolute atomic E-state index is 0.0813. The van der Waals surface area contributed by atoms with Gasteiger partial charge in [0, 0.05) is 0 Å². The van der Waals surface area contributed by atoms with Crippen molar-refractivity contribution in [2.24, 2.45) is 0 Å². The van der Waals surface area contributed by atoms with Crippen molar-refractivity contribution in [2.75, 3.05) is 13.6 Å². The third-order valence-corrected chi connectivity index (χ3v) is 4.27. The Kier molecular flexibility index (Phi) is 3.08. The van der Waals surface area contributed by atoms with E-state index in [9.17, 15) is 4.79 Å². The summed E-state index contributed by atoms with van der Waals surface area (Å²) >= 11 is 0. The third kappa shape index (κ3) is 2.03. The maximum atomic E-state index is 12.3. The molecule has 1 aromatic rings. The van der Waals surface area contributed by atoms with Gasteiger partial charge in [0.15, 0.2) is 0 Å². The first-order valence-corrected chi connectivity index (χ1v) is 6.84. The molecule has 0 spiro atoms. The fraction of sp³-hybridized carbons (Fsp3) is 0.533. The predicted octanol–water partition coefficient (Wildman–Crippen LogP) is 1.88. The number of fused-ring (bicyclic) bond motifs is 1. The first-order chi connectivity index (χ1) is 8.75. The van der Waals surface area contributed by atoms with Gasteiger partial charge in [-0.25, -0.2) is 0 Å². The zero-order valence-electron chi connectivity index (χ0n) is 10.9. The lowest BCUT2D eigenvalue weighted by atomic mass is 10.1. The molecule has 1 fully saturated rings. The standard InChI is InChI=1S/C15H20N2O/c1-17-10-4-7-14(17)15(18)16-13-9-8-11-5-2-3-6-12(11)13/h2-3,5-6,13-14H,4,7-10H2,1H3,(H,16,18). The Bertz CT molecular complexity index is 458. The summed E-state index contributed by atoms with van der Waals surface area (Å²) < 4.78 is 0. The minimum atomic E-state index is 0.0813. The summed E-state index contributed by atoms with van der Waals surface area (Å²) in [5.41, 5.74) is 2.70. The number of likely N-dealkylation sites (tertiary alicyclic amines) is 1. The van der Waals surface area contributed by atoms with Crippen LogP contribution in [0.1, 0.15) is 36.4 Å². The zero-order chi connectivity index (χ0) is 12.5. The third-order valence-electron chi connectivity index (χ3n) is 4.27. The molecule has 0 aromatic heterocycles. The lowest BCUT2D eigenvalue weighted by Gasteiger charge is -2.22. The smallest absolute Gasteiger partial charge is 0.237 e. The molecule has 0 saturated carbocycles. The number of carbonyl (C=O) groups excluding carboxylic acids is 1. The van der Waals surface area contributed by atoms with Crippen molar-refractivity contribution < 1.29 is 4.79 Å². The summed E-state index contributed by atoms with van der Waals surface area (Å²) in [4.78, 5) is 14.4. The van der Waals surface area contributed by atoms with Gasteiger partial charge in [-0.2, -0.15) is 0 Å². The number of likely N-dealkylation sites (N-methyl/N-ethyl adjacent to an activating group) is 1. The molecule has 1 aliphatic carbocycles. The maximum Gasteiger partial charge on any atom is 0.237 e. The monoisotopic (exact) mass is 244 g/mol. The summed E-state index contributed by atoms with van der Waals surface area (Å²) in [7, 11) is 2.04. The van der Waals surface area contributed by atoms with Gasteiger partial charge in [0.25, 0.3) is 0 Å². The van der Waals surface area contributed by atoms with Crippen LogP contribution in [0.15, 0.2) is 24.3 Å². The Balaban J connectivity index is 1.69. The van der Waals surface area contributed by atoms with Crippen LogP contribution in [0.25, 0.3) is 0 Å². The predicted molar refractivity (Wildman–Crippen MR) is 71.3 cm³/mol. The van der Waals surface area contributed by atoms with Gasteiger partial charge in [-0.3, -0.25) is 9.69 Å². The molecule has 1 N–H and O–H groups in total. The zero-order valence-corrected chi connectivity index (χ0v) is 10.9. The SMILES string of the molecule is CN1CCCC1C(=O)NC1CCc2ccccc21. The molecule has 3 rings (SSSR count). The van der Waals surface area contributed by atoms with Crippen LogP contribution in [-0.2, 0) is 11.2 Å². The number of aryl methyl sites for hydroxylation is 1. The van der Waals surface area contributed by atoms with Gasteiger partial charge in [-0.05, 0) is 50.4 Å². The average molecular weight is 244 g/mol. The Morgan fingerprint density at radius 2 is 2.17 bits per heavy atom. The van der Waals surface area contributed by atoms with Gasteiger partial charge >= 0.3 is 0 Å². The summed E-state index contributed by atoms with van der Waals surface area (Å²) in [5.74, 6) is 0.205. The van der Waals surface area contributed by atoms with E-state index in [1.807, 2.05) is 7.05 Å². The van der Waals surface area contributed by atoms with Crippen LogP contribution in [-0.4, -0.2) is 30.4 Å². The highest BCUT2D eigenvalue weighted by Gasteiger charge is 2.31. The fourth-order valence-corrected chi connectivity index (χ4v) is 3.22. The topological polar surface area (TPSA) is 32.3 Å². The van der Waals surface area contributed by atoms with Crippen LogP contribution >= 0.6 is 0 Å². The van der Waals surface area contributed by atoms with Crippen molar-refractivity contribution in [3.05, 3.63) is 35.4 Å². The van der Waals surface area contributed by atoms with Gasteiger partial charge in [-0.1, -0.05) is 24.3 Å². The molecular formula is C15H20N2O. The molecule has 3 nitrogen and oxygen atoms in total. The second-order valence-electron chi connectivity index (χ2n) is 5.44. The summed E-state index contributed by atoms with van der Waals surface area (Å²) in [6.07, 6.45) is 4.26. The van der Waals surface area contributed by atoms with E-state index in [4.69, 9.17) is 0 Å². The van der Waals surface area contributed by atoms with Crippen molar-refractivity contribution in [1.29, 1.82) is 0 Å². The Morgan fingerprint density at radius 1 is 1.33 bits per heavy atom. The van der Waals surface area contributed by atoms with E-state index < -0.39 is 0 Å². The largest absolute Gasteiger partial charge is 0.348 e. The molecule has 1 aromatic carbocycles. The summed E-state index contributed by atoms with van der Waals surface area (Å²) in [6, 6.07) is 8.76. The molecule has 0 radical (unpaired) electrons. The van der Waals surface area contributed by atoms with E-state index in [2.05, 4.69) is 34.5 Å². The quantitative estimate of drug-likeness (QED) is 0.861. The number of hydrogen-bond donors (Lipinski definition) is 1. The number of amides is 1. The average Bonchev–Trinajstić information content (AvgIpc) is 2.97. The molecule has 3 heteroatoms. The molecule has 1 saturated heterocycles.